The van der Waals surface area contributed by atoms with Crippen molar-refractivity contribution < 1.29 is 4.79 Å². The second kappa shape index (κ2) is 9.30. The molecule has 0 fully saturated rings. The Bertz CT molecular complexity index is 531. The maximum absolute atomic E-state index is 12.6. The summed E-state index contributed by atoms with van der Waals surface area (Å²) in [4.78, 5) is 18.5. The number of hydrogen-bond acceptors (Lipinski definition) is 2. The van der Waals surface area contributed by atoms with Gasteiger partial charge < -0.3 is 5.32 Å². The highest BCUT2D eigenvalue weighted by atomic mass is 35.5. The molecule has 2 N–H and O–H groups in total. The van der Waals surface area contributed by atoms with Gasteiger partial charge in [-0.3, -0.25) is 15.2 Å². The summed E-state index contributed by atoms with van der Waals surface area (Å²) >= 11 is 6.32. The largest absolute Gasteiger partial charge is 0.356 e. The standard InChI is InChI=1S/C16H25ClN4O/c1-5-12-10-9-11-13(17)14(12)21(8-4)16(22)20-15(18-6-2)19-7-3/h9-11H,5-8H2,1-4H3,(H2,18,19,20,22). The zero-order chi connectivity index (χ0) is 16.5. The van der Waals surface area contributed by atoms with Gasteiger partial charge in [-0.2, -0.15) is 0 Å². The lowest BCUT2D eigenvalue weighted by atomic mass is 10.1. The van der Waals surface area contributed by atoms with Crippen molar-refractivity contribution in [3.05, 3.63) is 28.8 Å². The molecular formula is C16H25ClN4O. The van der Waals surface area contributed by atoms with Crippen LogP contribution in [0.1, 0.15) is 33.3 Å². The van der Waals surface area contributed by atoms with Crippen molar-refractivity contribution in [2.45, 2.75) is 34.1 Å². The molecule has 0 saturated carbocycles. The third-order valence-electron chi connectivity index (χ3n) is 3.17. The van der Waals surface area contributed by atoms with Crippen LogP contribution in [-0.4, -0.2) is 31.6 Å². The number of halogens is 1. The Labute approximate surface area is 137 Å². The quantitative estimate of drug-likeness (QED) is 0.644. The molecule has 122 valence electrons. The van der Waals surface area contributed by atoms with Crippen molar-refractivity contribution in [2.75, 3.05) is 24.5 Å². The highest BCUT2D eigenvalue weighted by molar-refractivity contribution is 6.34. The van der Waals surface area contributed by atoms with Crippen molar-refractivity contribution in [2.24, 2.45) is 4.99 Å². The molecule has 1 aromatic rings. The van der Waals surface area contributed by atoms with Crippen LogP contribution in [-0.2, 0) is 6.42 Å². The van der Waals surface area contributed by atoms with Crippen LogP contribution >= 0.6 is 11.6 Å². The van der Waals surface area contributed by atoms with E-state index in [9.17, 15) is 4.79 Å². The van der Waals surface area contributed by atoms with E-state index in [0.29, 0.717) is 30.6 Å². The van der Waals surface area contributed by atoms with Crippen molar-refractivity contribution in [1.82, 2.24) is 10.6 Å². The van der Waals surface area contributed by atoms with Crippen LogP contribution in [0.5, 0.6) is 0 Å². The average Bonchev–Trinajstić information content (AvgIpc) is 2.50. The second-order valence-electron chi connectivity index (χ2n) is 4.63. The molecule has 0 aliphatic heterocycles. The number of carbonyl (C=O) groups excluding carboxylic acids is 1. The number of carbonyl (C=O) groups is 1. The van der Waals surface area contributed by atoms with Gasteiger partial charge in [0.2, 0.25) is 0 Å². The van der Waals surface area contributed by atoms with Gasteiger partial charge in [-0.15, -0.1) is 0 Å². The van der Waals surface area contributed by atoms with E-state index in [1.807, 2.05) is 39.8 Å². The van der Waals surface area contributed by atoms with Gasteiger partial charge in [-0.05, 0) is 38.8 Å². The fraction of sp³-hybridized carbons (Fsp3) is 0.500. The number of guanidine groups is 1. The van der Waals surface area contributed by atoms with E-state index in [0.717, 1.165) is 17.7 Å². The van der Waals surface area contributed by atoms with E-state index in [-0.39, 0.29) is 6.03 Å². The maximum atomic E-state index is 12.6. The van der Waals surface area contributed by atoms with Crippen LogP contribution in [0.4, 0.5) is 10.5 Å². The van der Waals surface area contributed by atoms with E-state index in [4.69, 9.17) is 11.6 Å². The minimum absolute atomic E-state index is 0.238. The van der Waals surface area contributed by atoms with E-state index < -0.39 is 0 Å². The lowest BCUT2D eigenvalue weighted by Gasteiger charge is -2.25. The molecule has 2 amide bonds. The van der Waals surface area contributed by atoms with Crippen LogP contribution in [0.3, 0.4) is 0 Å². The molecule has 0 heterocycles. The summed E-state index contributed by atoms with van der Waals surface area (Å²) in [6.45, 7) is 9.66. The smallest absolute Gasteiger partial charge is 0.328 e. The van der Waals surface area contributed by atoms with Gasteiger partial charge in [-0.1, -0.05) is 30.7 Å². The van der Waals surface area contributed by atoms with Crippen LogP contribution in [0.2, 0.25) is 5.02 Å². The molecule has 0 aromatic heterocycles. The Morgan fingerprint density at radius 3 is 2.55 bits per heavy atom. The molecule has 1 rings (SSSR count). The molecule has 0 aliphatic carbocycles. The first kappa shape index (κ1) is 18.3. The van der Waals surface area contributed by atoms with Gasteiger partial charge in [0.25, 0.3) is 0 Å². The summed E-state index contributed by atoms with van der Waals surface area (Å²) in [6, 6.07) is 5.46. The number of rotatable bonds is 5. The van der Waals surface area contributed by atoms with E-state index >= 15 is 0 Å². The Hall–Kier alpha value is -1.75. The molecule has 6 heteroatoms. The van der Waals surface area contributed by atoms with E-state index in [1.165, 1.54) is 0 Å². The predicted molar refractivity (Wildman–Crippen MR) is 94.0 cm³/mol. The number of amides is 2. The summed E-state index contributed by atoms with van der Waals surface area (Å²) in [5.74, 6) is 0.485. The first-order valence-electron chi connectivity index (χ1n) is 7.73. The molecule has 0 aliphatic rings. The lowest BCUT2D eigenvalue weighted by Crippen LogP contribution is -2.48. The molecule has 5 nitrogen and oxygen atoms in total. The summed E-state index contributed by atoms with van der Waals surface area (Å²) in [5, 5.41) is 6.44. The Kier molecular flexibility index (Phi) is 7.74. The Morgan fingerprint density at radius 2 is 2.00 bits per heavy atom. The zero-order valence-electron chi connectivity index (χ0n) is 13.7. The summed E-state index contributed by atoms with van der Waals surface area (Å²) in [6.07, 6.45) is 0.808. The maximum Gasteiger partial charge on any atom is 0.328 e. The van der Waals surface area contributed by atoms with E-state index in [2.05, 4.69) is 15.6 Å². The van der Waals surface area contributed by atoms with Gasteiger partial charge in [0.15, 0.2) is 5.96 Å². The van der Waals surface area contributed by atoms with Crippen LogP contribution < -0.4 is 15.5 Å². The Morgan fingerprint density at radius 1 is 1.27 bits per heavy atom. The summed E-state index contributed by atoms with van der Waals surface area (Å²) < 4.78 is 0. The van der Waals surface area contributed by atoms with Crippen LogP contribution in [0, 0.1) is 0 Å². The molecule has 0 radical (unpaired) electrons. The summed E-state index contributed by atoms with van der Waals surface area (Å²) in [5.41, 5.74) is 1.81. The fourth-order valence-electron chi connectivity index (χ4n) is 2.18. The molecule has 22 heavy (non-hydrogen) atoms. The molecule has 0 saturated heterocycles. The second-order valence-corrected chi connectivity index (χ2v) is 5.04. The van der Waals surface area contributed by atoms with Crippen molar-refractivity contribution >= 4 is 29.3 Å². The highest BCUT2D eigenvalue weighted by Crippen LogP contribution is 2.30. The first-order valence-corrected chi connectivity index (χ1v) is 8.10. The molecular weight excluding hydrogens is 300 g/mol. The monoisotopic (exact) mass is 324 g/mol. The number of aliphatic imine (C=N–C) groups is 1. The molecule has 0 unspecified atom stereocenters. The lowest BCUT2D eigenvalue weighted by molar-refractivity contribution is 0.250. The number of hydrogen-bond donors (Lipinski definition) is 2. The number of nitrogens with zero attached hydrogens (tertiary/aromatic N) is 2. The number of nitrogens with one attached hydrogen (secondary N) is 2. The predicted octanol–water partition coefficient (Wildman–Crippen LogP) is 3.42. The molecule has 0 spiro atoms. The van der Waals surface area contributed by atoms with Gasteiger partial charge in [0, 0.05) is 19.6 Å². The third-order valence-corrected chi connectivity index (χ3v) is 3.47. The minimum Gasteiger partial charge on any atom is -0.356 e. The fourth-order valence-corrected chi connectivity index (χ4v) is 2.48. The minimum atomic E-state index is -0.238. The highest BCUT2D eigenvalue weighted by Gasteiger charge is 2.20. The van der Waals surface area contributed by atoms with Gasteiger partial charge >= 0.3 is 6.03 Å². The average molecular weight is 325 g/mol. The topological polar surface area (TPSA) is 56.7 Å². The van der Waals surface area contributed by atoms with Gasteiger partial charge in [0.1, 0.15) is 0 Å². The molecule has 0 bridgehead atoms. The van der Waals surface area contributed by atoms with Crippen LogP contribution in [0.15, 0.2) is 23.2 Å². The number of benzene rings is 1. The third kappa shape index (κ3) is 4.63. The molecule has 1 aromatic carbocycles. The SMILES string of the molecule is CCN=C(NCC)NC(=O)N(CC)c1c(Cl)cccc1CC. The van der Waals surface area contributed by atoms with Gasteiger partial charge in [-0.25, -0.2) is 4.79 Å². The first-order chi connectivity index (χ1) is 10.6. The van der Waals surface area contributed by atoms with Gasteiger partial charge in [0.05, 0.1) is 10.7 Å². The summed E-state index contributed by atoms with van der Waals surface area (Å²) in [7, 11) is 0. The van der Waals surface area contributed by atoms with Crippen molar-refractivity contribution in [1.29, 1.82) is 0 Å². The van der Waals surface area contributed by atoms with Crippen LogP contribution in [0.25, 0.3) is 0 Å². The number of aryl methyl sites for hydroxylation is 1. The zero-order valence-corrected chi connectivity index (χ0v) is 14.5. The van der Waals surface area contributed by atoms with Crippen molar-refractivity contribution in [3.63, 3.8) is 0 Å². The number of urea groups is 1. The molecule has 0 atom stereocenters. The Balaban J connectivity index is 3.06. The number of anilines is 1. The van der Waals surface area contributed by atoms with Crippen molar-refractivity contribution in [3.8, 4) is 0 Å². The number of para-hydroxylation sites is 1. The van der Waals surface area contributed by atoms with E-state index in [1.54, 1.807) is 11.0 Å². The normalized spacial score (nSPS) is 11.2.